The fourth-order valence-electron chi connectivity index (χ4n) is 3.31. The molecule has 2 unspecified atom stereocenters. The Kier molecular flexibility index (Phi) is 3.89. The predicted octanol–water partition coefficient (Wildman–Crippen LogP) is 2.33. The van der Waals surface area contributed by atoms with Crippen molar-refractivity contribution in [2.75, 3.05) is 7.05 Å². The van der Waals surface area contributed by atoms with E-state index in [0.717, 1.165) is 0 Å². The summed E-state index contributed by atoms with van der Waals surface area (Å²) in [5.41, 5.74) is 0. The van der Waals surface area contributed by atoms with Gasteiger partial charge < -0.3 is 0 Å². The molecule has 2 fully saturated rings. The van der Waals surface area contributed by atoms with E-state index in [1.807, 2.05) is 0 Å². The number of carbonyl (C=O) groups is 2. The van der Waals surface area contributed by atoms with Crippen molar-refractivity contribution in [1.29, 1.82) is 0 Å². The molecule has 0 bridgehead atoms. The molecule has 0 radical (unpaired) electrons. The smallest absolute Gasteiger partial charge is 0.246 e. The fourth-order valence-corrected chi connectivity index (χ4v) is 4.19. The molecule has 0 spiro atoms. The van der Waals surface area contributed by atoms with Gasteiger partial charge in [-0.2, -0.15) is 0 Å². The van der Waals surface area contributed by atoms with E-state index in [0.29, 0.717) is 12.3 Å². The van der Waals surface area contributed by atoms with Gasteiger partial charge in [0.15, 0.2) is 0 Å². The molecule has 1 aliphatic heterocycles. The first-order valence-corrected chi connectivity index (χ1v) is 8.14. The largest absolute Gasteiger partial charge is 0.297 e. The van der Waals surface area contributed by atoms with E-state index in [2.05, 4.69) is 22.8 Å². The minimum atomic E-state index is -0.347. The van der Waals surface area contributed by atoms with E-state index in [1.165, 1.54) is 35.5 Å². The predicted molar refractivity (Wildman–Crippen MR) is 78.3 cm³/mol. The lowest BCUT2D eigenvalue weighted by molar-refractivity contribution is -0.137. The first-order chi connectivity index (χ1) is 9.66. The van der Waals surface area contributed by atoms with E-state index in [4.69, 9.17) is 0 Å². The standard InChI is InChI=1S/C15H20N2O2S/c1-17-13(18)9-11(15(17)19)16-14(10-5-2-3-6-10)12-7-4-8-20-12/h4,7-8,10-11,14,16H,2-3,5-6,9H2,1H3. The van der Waals surface area contributed by atoms with Gasteiger partial charge in [-0.15, -0.1) is 11.3 Å². The van der Waals surface area contributed by atoms with Crippen molar-refractivity contribution >= 4 is 23.2 Å². The molecule has 1 aromatic heterocycles. The summed E-state index contributed by atoms with van der Waals surface area (Å²) in [5, 5.41) is 5.55. The van der Waals surface area contributed by atoms with Crippen LogP contribution in [0.2, 0.25) is 0 Å². The number of hydrogen-bond acceptors (Lipinski definition) is 4. The molecule has 1 aliphatic carbocycles. The van der Waals surface area contributed by atoms with Crippen LogP contribution >= 0.6 is 11.3 Å². The molecule has 2 atom stereocenters. The minimum absolute atomic E-state index is 0.0798. The normalized spacial score (nSPS) is 25.6. The number of carbonyl (C=O) groups excluding carboxylic acids is 2. The number of imide groups is 1. The summed E-state index contributed by atoms with van der Waals surface area (Å²) in [5.74, 6) is 0.417. The Hall–Kier alpha value is -1.20. The molecule has 20 heavy (non-hydrogen) atoms. The molecule has 1 aromatic rings. The summed E-state index contributed by atoms with van der Waals surface area (Å²) in [6.45, 7) is 0. The SMILES string of the molecule is CN1C(=O)CC(NC(c2cccs2)C2CCCC2)C1=O. The number of likely N-dealkylation sites (tertiary alicyclic amines) is 1. The molecule has 3 rings (SSSR count). The number of amides is 2. The van der Waals surface area contributed by atoms with Crippen LogP contribution in [-0.2, 0) is 9.59 Å². The third-order valence-corrected chi connectivity index (χ3v) is 5.44. The topological polar surface area (TPSA) is 49.4 Å². The highest BCUT2D eigenvalue weighted by atomic mass is 32.1. The average Bonchev–Trinajstić information content (AvgIpc) is 3.16. The third-order valence-electron chi connectivity index (χ3n) is 4.48. The number of hydrogen-bond donors (Lipinski definition) is 1. The van der Waals surface area contributed by atoms with Gasteiger partial charge in [-0.3, -0.25) is 19.8 Å². The summed E-state index contributed by atoms with van der Waals surface area (Å²) in [6, 6.07) is 4.05. The minimum Gasteiger partial charge on any atom is -0.297 e. The molecule has 2 amide bonds. The lowest BCUT2D eigenvalue weighted by Gasteiger charge is -2.26. The Morgan fingerprint density at radius 1 is 1.35 bits per heavy atom. The summed E-state index contributed by atoms with van der Waals surface area (Å²) >= 11 is 1.73. The summed E-state index contributed by atoms with van der Waals surface area (Å²) < 4.78 is 0. The first-order valence-electron chi connectivity index (χ1n) is 7.26. The van der Waals surface area contributed by atoms with Crippen molar-refractivity contribution in [3.05, 3.63) is 22.4 Å². The fraction of sp³-hybridized carbons (Fsp3) is 0.600. The number of nitrogens with zero attached hydrogens (tertiary/aromatic N) is 1. The van der Waals surface area contributed by atoms with E-state index < -0.39 is 0 Å². The van der Waals surface area contributed by atoms with E-state index in [1.54, 1.807) is 18.4 Å². The van der Waals surface area contributed by atoms with E-state index >= 15 is 0 Å². The Morgan fingerprint density at radius 2 is 2.10 bits per heavy atom. The van der Waals surface area contributed by atoms with Gasteiger partial charge in [-0.1, -0.05) is 18.9 Å². The molecule has 108 valence electrons. The van der Waals surface area contributed by atoms with Crippen LogP contribution in [0.5, 0.6) is 0 Å². The number of thiophene rings is 1. The van der Waals surface area contributed by atoms with Crippen LogP contribution in [0.3, 0.4) is 0 Å². The number of likely N-dealkylation sites (N-methyl/N-ethyl adjacent to an activating group) is 1. The molecule has 1 N–H and O–H groups in total. The van der Waals surface area contributed by atoms with Gasteiger partial charge in [0.1, 0.15) is 0 Å². The van der Waals surface area contributed by atoms with Crippen LogP contribution in [0.4, 0.5) is 0 Å². The second kappa shape index (κ2) is 5.66. The van der Waals surface area contributed by atoms with E-state index in [-0.39, 0.29) is 23.9 Å². The molecular formula is C15H20N2O2S. The van der Waals surface area contributed by atoms with Gasteiger partial charge in [0.2, 0.25) is 11.8 Å². The van der Waals surface area contributed by atoms with Gasteiger partial charge in [0.05, 0.1) is 12.5 Å². The number of nitrogens with one attached hydrogen (secondary N) is 1. The Balaban J connectivity index is 1.77. The zero-order valence-electron chi connectivity index (χ0n) is 11.7. The maximum Gasteiger partial charge on any atom is 0.246 e. The monoisotopic (exact) mass is 292 g/mol. The lowest BCUT2D eigenvalue weighted by Crippen LogP contribution is -2.41. The third kappa shape index (κ3) is 2.52. The van der Waals surface area contributed by atoms with Crippen molar-refractivity contribution < 1.29 is 9.59 Å². The van der Waals surface area contributed by atoms with Gasteiger partial charge in [0, 0.05) is 18.0 Å². The Morgan fingerprint density at radius 3 is 2.65 bits per heavy atom. The van der Waals surface area contributed by atoms with Crippen molar-refractivity contribution in [3.8, 4) is 0 Å². The van der Waals surface area contributed by atoms with Crippen molar-refractivity contribution in [3.63, 3.8) is 0 Å². The van der Waals surface area contributed by atoms with Gasteiger partial charge >= 0.3 is 0 Å². The Bertz CT molecular complexity index is 494. The average molecular weight is 292 g/mol. The second-order valence-corrected chi connectivity index (χ2v) is 6.73. The first kappa shape index (κ1) is 13.8. The van der Waals surface area contributed by atoms with Crippen molar-refractivity contribution in [2.45, 2.75) is 44.2 Å². The molecular weight excluding hydrogens is 272 g/mol. The van der Waals surface area contributed by atoms with Crippen LogP contribution < -0.4 is 5.32 Å². The van der Waals surface area contributed by atoms with Crippen LogP contribution in [0.15, 0.2) is 17.5 Å². The van der Waals surface area contributed by atoms with Crippen molar-refractivity contribution in [2.24, 2.45) is 5.92 Å². The second-order valence-electron chi connectivity index (χ2n) is 5.75. The maximum absolute atomic E-state index is 12.1. The van der Waals surface area contributed by atoms with Crippen LogP contribution in [0.25, 0.3) is 0 Å². The highest BCUT2D eigenvalue weighted by Crippen LogP contribution is 2.38. The van der Waals surface area contributed by atoms with Gasteiger partial charge in [-0.25, -0.2) is 0 Å². The van der Waals surface area contributed by atoms with Crippen molar-refractivity contribution in [1.82, 2.24) is 10.2 Å². The highest BCUT2D eigenvalue weighted by molar-refractivity contribution is 7.10. The molecule has 0 aromatic carbocycles. The van der Waals surface area contributed by atoms with Crippen LogP contribution in [-0.4, -0.2) is 29.8 Å². The zero-order valence-corrected chi connectivity index (χ0v) is 12.5. The molecule has 5 heteroatoms. The molecule has 1 saturated heterocycles. The molecule has 2 aliphatic rings. The van der Waals surface area contributed by atoms with Gasteiger partial charge in [0.25, 0.3) is 0 Å². The van der Waals surface area contributed by atoms with Crippen LogP contribution in [0.1, 0.15) is 43.0 Å². The maximum atomic E-state index is 12.1. The summed E-state index contributed by atoms with van der Waals surface area (Å²) in [6.07, 6.45) is 5.25. The zero-order chi connectivity index (χ0) is 14.1. The quantitative estimate of drug-likeness (QED) is 0.867. The highest BCUT2D eigenvalue weighted by Gasteiger charge is 2.39. The lowest BCUT2D eigenvalue weighted by atomic mass is 9.95. The molecule has 4 nitrogen and oxygen atoms in total. The van der Waals surface area contributed by atoms with Gasteiger partial charge in [-0.05, 0) is 30.2 Å². The number of rotatable bonds is 4. The Labute approximate surface area is 123 Å². The van der Waals surface area contributed by atoms with Crippen LogP contribution in [0, 0.1) is 5.92 Å². The molecule has 2 heterocycles. The summed E-state index contributed by atoms with van der Waals surface area (Å²) in [4.78, 5) is 26.3. The van der Waals surface area contributed by atoms with E-state index in [9.17, 15) is 9.59 Å². The molecule has 1 saturated carbocycles. The summed E-state index contributed by atoms with van der Waals surface area (Å²) in [7, 11) is 1.57.